The molecule has 2 unspecified atom stereocenters. The van der Waals surface area contributed by atoms with Crippen LogP contribution in [0.1, 0.15) is 32.5 Å². The number of carbonyl (C=O) groups excluding carboxylic acids is 1. The van der Waals surface area contributed by atoms with Gasteiger partial charge in [-0.2, -0.15) is 0 Å². The molecule has 2 rings (SSSR count). The number of hydrogen-bond donors (Lipinski definition) is 1. The number of carbonyl (C=O) groups is 1. The predicted octanol–water partition coefficient (Wildman–Crippen LogP) is -0.0947. The molecule has 2 heterocycles. The Morgan fingerprint density at radius 1 is 1.42 bits per heavy atom. The fourth-order valence-electron chi connectivity index (χ4n) is 2.07. The fraction of sp³-hybridized carbons (Fsp3) is 0.818. The zero-order chi connectivity index (χ0) is 14.2. The van der Waals surface area contributed by atoms with Gasteiger partial charge in [-0.3, -0.25) is 0 Å². The molecule has 0 bridgehead atoms. The Bertz CT molecular complexity index is 467. The Hall–Kier alpha value is -1.70. The SMILES string of the molecule is Cn1nnnc1C1CN(C(=O)OC(C)(C)C)CC1O. The molecule has 0 radical (unpaired) electrons. The molecule has 1 saturated heterocycles. The molecule has 1 fully saturated rings. The van der Waals surface area contributed by atoms with E-state index >= 15 is 0 Å². The van der Waals surface area contributed by atoms with Gasteiger partial charge in [0.25, 0.3) is 0 Å². The number of ether oxygens (including phenoxy) is 1. The van der Waals surface area contributed by atoms with Gasteiger partial charge in [-0.1, -0.05) is 0 Å². The maximum Gasteiger partial charge on any atom is 0.410 e. The predicted molar refractivity (Wildman–Crippen MR) is 65.4 cm³/mol. The molecule has 106 valence electrons. The van der Waals surface area contributed by atoms with Gasteiger partial charge in [0, 0.05) is 13.6 Å². The molecule has 0 aliphatic carbocycles. The second kappa shape index (κ2) is 4.76. The number of rotatable bonds is 1. The Morgan fingerprint density at radius 2 is 2.11 bits per heavy atom. The maximum absolute atomic E-state index is 11.9. The van der Waals surface area contributed by atoms with E-state index in [1.165, 1.54) is 9.58 Å². The van der Waals surface area contributed by atoms with Gasteiger partial charge < -0.3 is 14.7 Å². The number of amides is 1. The Balaban J connectivity index is 2.06. The topological polar surface area (TPSA) is 93.4 Å². The molecule has 1 aromatic heterocycles. The number of tetrazole rings is 1. The summed E-state index contributed by atoms with van der Waals surface area (Å²) in [6, 6.07) is 0. The lowest BCUT2D eigenvalue weighted by molar-refractivity contribution is 0.0270. The van der Waals surface area contributed by atoms with E-state index in [2.05, 4.69) is 15.5 Å². The number of likely N-dealkylation sites (tertiary alicyclic amines) is 1. The van der Waals surface area contributed by atoms with Gasteiger partial charge in [0.1, 0.15) is 5.60 Å². The van der Waals surface area contributed by atoms with Gasteiger partial charge >= 0.3 is 6.09 Å². The van der Waals surface area contributed by atoms with Gasteiger partial charge in [0.05, 0.1) is 18.6 Å². The van der Waals surface area contributed by atoms with E-state index in [4.69, 9.17) is 4.74 Å². The van der Waals surface area contributed by atoms with Crippen LogP contribution in [0.4, 0.5) is 4.79 Å². The average molecular weight is 269 g/mol. The molecule has 0 saturated carbocycles. The number of aromatic nitrogens is 4. The molecular weight excluding hydrogens is 250 g/mol. The van der Waals surface area contributed by atoms with Crippen molar-refractivity contribution in [1.29, 1.82) is 0 Å². The van der Waals surface area contributed by atoms with Crippen LogP contribution in [0.3, 0.4) is 0 Å². The third-order valence-corrected chi connectivity index (χ3v) is 2.93. The van der Waals surface area contributed by atoms with Crippen molar-refractivity contribution in [3.05, 3.63) is 5.82 Å². The lowest BCUT2D eigenvalue weighted by Gasteiger charge is -2.24. The molecular formula is C11H19N5O3. The van der Waals surface area contributed by atoms with Crippen LogP contribution in [0.15, 0.2) is 0 Å². The van der Waals surface area contributed by atoms with Gasteiger partial charge in [-0.15, -0.1) is 5.10 Å². The molecule has 8 nitrogen and oxygen atoms in total. The van der Waals surface area contributed by atoms with Crippen LogP contribution in [0.25, 0.3) is 0 Å². The van der Waals surface area contributed by atoms with Crippen molar-refractivity contribution < 1.29 is 14.6 Å². The third-order valence-electron chi connectivity index (χ3n) is 2.93. The van der Waals surface area contributed by atoms with Crippen molar-refractivity contribution in [1.82, 2.24) is 25.1 Å². The Morgan fingerprint density at radius 3 is 2.63 bits per heavy atom. The molecule has 19 heavy (non-hydrogen) atoms. The zero-order valence-corrected chi connectivity index (χ0v) is 11.6. The van der Waals surface area contributed by atoms with Crippen molar-refractivity contribution in [2.24, 2.45) is 7.05 Å². The summed E-state index contributed by atoms with van der Waals surface area (Å²) in [5.74, 6) is 0.283. The van der Waals surface area contributed by atoms with E-state index in [1.807, 2.05) is 20.8 Å². The summed E-state index contributed by atoms with van der Waals surface area (Å²) >= 11 is 0. The van der Waals surface area contributed by atoms with Crippen LogP contribution < -0.4 is 0 Å². The molecule has 1 aliphatic rings. The van der Waals surface area contributed by atoms with Gasteiger partial charge in [-0.25, -0.2) is 9.48 Å². The van der Waals surface area contributed by atoms with E-state index in [0.717, 1.165) is 0 Å². The lowest BCUT2D eigenvalue weighted by Crippen LogP contribution is -2.35. The number of aliphatic hydroxyl groups excluding tert-OH is 1. The quantitative estimate of drug-likeness (QED) is 0.765. The Kier molecular flexibility index (Phi) is 3.44. The third kappa shape index (κ3) is 3.01. The van der Waals surface area contributed by atoms with Crippen molar-refractivity contribution in [3.8, 4) is 0 Å². The van der Waals surface area contributed by atoms with E-state index < -0.39 is 17.8 Å². The second-order valence-electron chi connectivity index (χ2n) is 5.72. The molecule has 0 spiro atoms. The van der Waals surface area contributed by atoms with Gasteiger partial charge in [-0.05, 0) is 31.2 Å². The molecule has 8 heteroatoms. The van der Waals surface area contributed by atoms with Crippen LogP contribution >= 0.6 is 0 Å². The van der Waals surface area contributed by atoms with E-state index in [0.29, 0.717) is 12.4 Å². The van der Waals surface area contributed by atoms with Crippen LogP contribution in [0.5, 0.6) is 0 Å². The number of nitrogens with zero attached hydrogens (tertiary/aromatic N) is 5. The summed E-state index contributed by atoms with van der Waals surface area (Å²) in [5, 5.41) is 21.2. The highest BCUT2D eigenvalue weighted by molar-refractivity contribution is 5.68. The smallest absolute Gasteiger partial charge is 0.410 e. The Labute approximate surface area is 111 Å². The molecule has 0 aromatic carbocycles. The summed E-state index contributed by atoms with van der Waals surface area (Å²) in [4.78, 5) is 13.4. The summed E-state index contributed by atoms with van der Waals surface area (Å²) in [6.45, 7) is 6.00. The fourth-order valence-corrected chi connectivity index (χ4v) is 2.07. The van der Waals surface area contributed by atoms with Crippen LogP contribution in [-0.2, 0) is 11.8 Å². The minimum absolute atomic E-state index is 0.229. The largest absolute Gasteiger partial charge is 0.444 e. The standard InChI is InChI=1S/C11H19N5O3/c1-11(2,3)19-10(18)16-5-7(8(17)6-16)9-12-13-14-15(9)4/h7-8,17H,5-6H2,1-4H3. The molecule has 1 amide bonds. The molecule has 1 N–H and O–H groups in total. The highest BCUT2D eigenvalue weighted by atomic mass is 16.6. The summed E-state index contributed by atoms with van der Waals surface area (Å²) in [5.41, 5.74) is -0.549. The average Bonchev–Trinajstić information content (AvgIpc) is 2.82. The lowest BCUT2D eigenvalue weighted by atomic mass is 10.1. The van der Waals surface area contributed by atoms with Crippen molar-refractivity contribution in [3.63, 3.8) is 0 Å². The highest BCUT2D eigenvalue weighted by Gasteiger charge is 2.39. The normalized spacial score (nSPS) is 23.7. The van der Waals surface area contributed by atoms with Crippen molar-refractivity contribution in [2.75, 3.05) is 13.1 Å². The van der Waals surface area contributed by atoms with E-state index in [9.17, 15) is 9.90 Å². The maximum atomic E-state index is 11.9. The van der Waals surface area contributed by atoms with E-state index in [1.54, 1.807) is 7.05 Å². The summed E-state index contributed by atoms with van der Waals surface area (Å²) in [6.07, 6.45) is -1.11. The van der Waals surface area contributed by atoms with Gasteiger partial charge in [0.15, 0.2) is 5.82 Å². The van der Waals surface area contributed by atoms with Crippen LogP contribution in [-0.4, -0.2) is 61.1 Å². The first kappa shape index (κ1) is 13.7. The molecule has 2 atom stereocenters. The van der Waals surface area contributed by atoms with Crippen LogP contribution in [0, 0.1) is 0 Å². The highest BCUT2D eigenvalue weighted by Crippen LogP contribution is 2.26. The first-order valence-electron chi connectivity index (χ1n) is 6.16. The minimum Gasteiger partial charge on any atom is -0.444 e. The van der Waals surface area contributed by atoms with Gasteiger partial charge in [0.2, 0.25) is 0 Å². The minimum atomic E-state index is -0.683. The zero-order valence-electron chi connectivity index (χ0n) is 11.6. The van der Waals surface area contributed by atoms with Crippen molar-refractivity contribution in [2.45, 2.75) is 38.4 Å². The first-order chi connectivity index (χ1) is 8.78. The van der Waals surface area contributed by atoms with E-state index in [-0.39, 0.29) is 12.5 Å². The number of aryl methyl sites for hydroxylation is 1. The monoisotopic (exact) mass is 269 g/mol. The summed E-state index contributed by atoms with van der Waals surface area (Å²) in [7, 11) is 1.71. The van der Waals surface area contributed by atoms with Crippen LogP contribution in [0.2, 0.25) is 0 Å². The molecule has 1 aromatic rings. The second-order valence-corrected chi connectivity index (χ2v) is 5.72. The number of β-amino-alcohol motifs (C(OH)–C–C–N with tert-alkyl or cyclic N) is 1. The number of aliphatic hydroxyl groups is 1. The van der Waals surface area contributed by atoms with Crippen molar-refractivity contribution >= 4 is 6.09 Å². The first-order valence-corrected chi connectivity index (χ1v) is 6.16. The summed E-state index contributed by atoms with van der Waals surface area (Å²) < 4.78 is 6.79. The molecule has 1 aliphatic heterocycles. The number of hydrogen-bond acceptors (Lipinski definition) is 6.